The molecule has 5 nitrogen and oxygen atoms in total. The highest BCUT2D eigenvalue weighted by molar-refractivity contribution is 7.09. The molecule has 1 N–H and O–H groups in total. The van der Waals surface area contributed by atoms with Gasteiger partial charge in [-0.25, -0.2) is 0 Å². The third-order valence-electron chi connectivity index (χ3n) is 5.43. The summed E-state index contributed by atoms with van der Waals surface area (Å²) in [7, 11) is 0. The smallest absolute Gasteiger partial charge is 0.238 e. The molecular formula is C22H29N3O2S. The lowest BCUT2D eigenvalue weighted by Crippen LogP contribution is -2.37. The number of nitrogens with one attached hydrogen (secondary N) is 1. The molecule has 6 heteroatoms. The molecule has 2 fully saturated rings. The summed E-state index contributed by atoms with van der Waals surface area (Å²) in [5, 5.41) is 5.14. The normalized spacial score (nSPS) is 19.5. The van der Waals surface area contributed by atoms with Gasteiger partial charge in [-0.1, -0.05) is 6.07 Å². The van der Waals surface area contributed by atoms with E-state index in [0.717, 1.165) is 51.3 Å². The Labute approximate surface area is 171 Å². The van der Waals surface area contributed by atoms with Gasteiger partial charge < -0.3 is 15.0 Å². The van der Waals surface area contributed by atoms with Gasteiger partial charge in [-0.05, 0) is 61.4 Å². The zero-order chi connectivity index (χ0) is 19.2. The van der Waals surface area contributed by atoms with Crippen molar-refractivity contribution in [3.63, 3.8) is 0 Å². The number of benzene rings is 1. The minimum Gasteiger partial charge on any atom is -0.377 e. The highest BCUT2D eigenvalue weighted by Crippen LogP contribution is 2.22. The zero-order valence-corrected chi connectivity index (χ0v) is 17.1. The largest absolute Gasteiger partial charge is 0.377 e. The number of carbonyl (C=O) groups excluding carboxylic acids is 1. The Morgan fingerprint density at radius 2 is 2.00 bits per heavy atom. The molecule has 3 heterocycles. The lowest BCUT2D eigenvalue weighted by molar-refractivity contribution is -0.117. The molecule has 2 saturated heterocycles. The predicted molar refractivity (Wildman–Crippen MR) is 115 cm³/mol. The average Bonchev–Trinajstić information content (AvgIpc) is 3.46. The van der Waals surface area contributed by atoms with Crippen molar-refractivity contribution in [1.82, 2.24) is 4.90 Å². The molecule has 0 radical (unpaired) electrons. The number of anilines is 2. The Bertz CT molecular complexity index is 736. The van der Waals surface area contributed by atoms with Crippen LogP contribution in [-0.2, 0) is 16.1 Å². The fourth-order valence-corrected chi connectivity index (χ4v) is 4.76. The number of hydrogen-bond donors (Lipinski definition) is 1. The van der Waals surface area contributed by atoms with E-state index in [4.69, 9.17) is 4.74 Å². The molecule has 4 rings (SSSR count). The lowest BCUT2D eigenvalue weighted by Gasteiger charge is -2.24. The first-order valence-corrected chi connectivity index (χ1v) is 11.2. The number of amides is 1. The average molecular weight is 400 g/mol. The highest BCUT2D eigenvalue weighted by Gasteiger charge is 2.21. The van der Waals surface area contributed by atoms with Gasteiger partial charge in [0.25, 0.3) is 0 Å². The summed E-state index contributed by atoms with van der Waals surface area (Å²) in [5.74, 6) is 0.0310. The maximum Gasteiger partial charge on any atom is 0.238 e. The first-order chi connectivity index (χ1) is 13.8. The van der Waals surface area contributed by atoms with E-state index in [1.165, 1.54) is 23.4 Å². The molecule has 0 spiro atoms. The van der Waals surface area contributed by atoms with Crippen molar-refractivity contribution in [1.29, 1.82) is 0 Å². The summed E-state index contributed by atoms with van der Waals surface area (Å²) in [5.41, 5.74) is 2.11. The molecule has 1 aromatic heterocycles. The van der Waals surface area contributed by atoms with Crippen LogP contribution >= 0.6 is 11.3 Å². The third-order valence-corrected chi connectivity index (χ3v) is 6.30. The molecule has 2 aromatic rings. The molecule has 1 aromatic carbocycles. The van der Waals surface area contributed by atoms with E-state index < -0.39 is 0 Å². The van der Waals surface area contributed by atoms with E-state index in [0.29, 0.717) is 6.54 Å². The molecule has 2 aliphatic heterocycles. The van der Waals surface area contributed by atoms with Crippen molar-refractivity contribution in [2.75, 3.05) is 43.0 Å². The van der Waals surface area contributed by atoms with Crippen LogP contribution in [0.5, 0.6) is 0 Å². The van der Waals surface area contributed by atoms with Gasteiger partial charge in [0.2, 0.25) is 5.91 Å². The van der Waals surface area contributed by atoms with Gasteiger partial charge in [0.1, 0.15) is 0 Å². The summed E-state index contributed by atoms with van der Waals surface area (Å²) in [6.07, 6.45) is 4.98. The van der Waals surface area contributed by atoms with Crippen LogP contribution in [0.3, 0.4) is 0 Å². The van der Waals surface area contributed by atoms with Crippen molar-refractivity contribution >= 4 is 28.6 Å². The topological polar surface area (TPSA) is 44.8 Å². The minimum absolute atomic E-state index is 0.0310. The fraction of sp³-hybridized carbons (Fsp3) is 0.500. The lowest BCUT2D eigenvalue weighted by atomic mass is 10.2. The van der Waals surface area contributed by atoms with Crippen LogP contribution in [0.4, 0.5) is 11.4 Å². The third kappa shape index (κ3) is 5.34. The summed E-state index contributed by atoms with van der Waals surface area (Å²) in [6.45, 7) is 5.08. The second kappa shape index (κ2) is 9.54. The number of nitrogens with zero attached hydrogens (tertiary/aromatic N) is 2. The molecule has 1 atom stereocenters. The Morgan fingerprint density at radius 3 is 2.68 bits per heavy atom. The second-order valence-corrected chi connectivity index (χ2v) is 8.71. The number of ether oxygens (including phenoxy) is 1. The molecule has 0 aliphatic carbocycles. The highest BCUT2D eigenvalue weighted by atomic mass is 32.1. The van der Waals surface area contributed by atoms with E-state index in [2.05, 4.69) is 44.8 Å². The van der Waals surface area contributed by atoms with E-state index in [9.17, 15) is 4.79 Å². The van der Waals surface area contributed by atoms with Crippen molar-refractivity contribution in [3.8, 4) is 0 Å². The number of rotatable bonds is 8. The van der Waals surface area contributed by atoms with Gasteiger partial charge in [0.15, 0.2) is 0 Å². The molecule has 0 bridgehead atoms. The SMILES string of the molecule is O=C(CN(Cc1cccs1)CC1CCCO1)Nc1ccc(N2CCCC2)cc1. The second-order valence-electron chi connectivity index (χ2n) is 7.67. The van der Waals surface area contributed by atoms with Crippen LogP contribution in [0.15, 0.2) is 41.8 Å². The number of thiophene rings is 1. The van der Waals surface area contributed by atoms with Crippen LogP contribution in [0, 0.1) is 0 Å². The van der Waals surface area contributed by atoms with Crippen LogP contribution in [0.1, 0.15) is 30.6 Å². The maximum absolute atomic E-state index is 12.7. The van der Waals surface area contributed by atoms with Gasteiger partial charge in [-0.2, -0.15) is 0 Å². The predicted octanol–water partition coefficient (Wildman–Crippen LogP) is 3.97. The molecule has 28 heavy (non-hydrogen) atoms. The first kappa shape index (κ1) is 19.4. The summed E-state index contributed by atoms with van der Waals surface area (Å²) < 4.78 is 5.79. The summed E-state index contributed by atoms with van der Waals surface area (Å²) in [6, 6.07) is 12.4. The van der Waals surface area contributed by atoms with E-state index in [1.807, 2.05) is 12.1 Å². The van der Waals surface area contributed by atoms with Gasteiger partial charge in [-0.15, -0.1) is 11.3 Å². The van der Waals surface area contributed by atoms with Crippen molar-refractivity contribution in [2.24, 2.45) is 0 Å². The first-order valence-electron chi connectivity index (χ1n) is 10.3. The van der Waals surface area contributed by atoms with Crippen molar-refractivity contribution < 1.29 is 9.53 Å². The maximum atomic E-state index is 12.7. The summed E-state index contributed by atoms with van der Waals surface area (Å²) >= 11 is 1.73. The minimum atomic E-state index is 0.0310. The van der Waals surface area contributed by atoms with Gasteiger partial charge in [0.05, 0.1) is 12.6 Å². The standard InChI is InChI=1S/C22H29N3O2S/c26-22(23-18-7-9-19(10-8-18)25-11-1-2-12-25)17-24(15-20-5-3-13-27-20)16-21-6-4-14-28-21/h4,6-10,14,20H,1-3,5,11-13,15-17H2,(H,23,26). The number of hydrogen-bond acceptors (Lipinski definition) is 5. The molecule has 1 amide bonds. The van der Waals surface area contributed by atoms with Gasteiger partial charge in [-0.3, -0.25) is 9.69 Å². The van der Waals surface area contributed by atoms with Crippen LogP contribution in [0.2, 0.25) is 0 Å². The summed E-state index contributed by atoms with van der Waals surface area (Å²) in [4.78, 5) is 18.5. The molecule has 1 unspecified atom stereocenters. The fourth-order valence-electron chi connectivity index (χ4n) is 4.02. The van der Waals surface area contributed by atoms with Gasteiger partial charge >= 0.3 is 0 Å². The molecular weight excluding hydrogens is 370 g/mol. The molecule has 2 aliphatic rings. The van der Waals surface area contributed by atoms with Crippen LogP contribution < -0.4 is 10.2 Å². The Morgan fingerprint density at radius 1 is 1.18 bits per heavy atom. The monoisotopic (exact) mass is 399 g/mol. The Hall–Kier alpha value is -1.89. The van der Waals surface area contributed by atoms with Gasteiger partial charge in [0, 0.05) is 49.0 Å². The van der Waals surface area contributed by atoms with Crippen LogP contribution in [-0.4, -0.2) is 49.7 Å². The number of carbonyl (C=O) groups is 1. The van der Waals surface area contributed by atoms with E-state index in [1.54, 1.807) is 11.3 Å². The van der Waals surface area contributed by atoms with E-state index in [-0.39, 0.29) is 12.0 Å². The Kier molecular flexibility index (Phi) is 6.62. The van der Waals surface area contributed by atoms with Crippen LogP contribution in [0.25, 0.3) is 0 Å². The van der Waals surface area contributed by atoms with Crippen molar-refractivity contribution in [2.45, 2.75) is 38.3 Å². The quantitative estimate of drug-likeness (QED) is 0.730. The molecule has 0 saturated carbocycles. The van der Waals surface area contributed by atoms with E-state index >= 15 is 0 Å². The Balaban J connectivity index is 1.33. The van der Waals surface area contributed by atoms with Crippen molar-refractivity contribution in [3.05, 3.63) is 46.7 Å². The molecule has 150 valence electrons. The zero-order valence-electron chi connectivity index (χ0n) is 16.3.